The first-order chi connectivity index (χ1) is 13.1. The van der Waals surface area contributed by atoms with E-state index in [1.807, 2.05) is 0 Å². The number of hydrogen-bond donors (Lipinski definition) is 4. The fourth-order valence-corrected chi connectivity index (χ4v) is 3.47. The zero-order chi connectivity index (χ0) is 19.1. The van der Waals surface area contributed by atoms with E-state index in [1.54, 1.807) is 29.6 Å². The third-order valence-corrected chi connectivity index (χ3v) is 4.97. The van der Waals surface area contributed by atoms with Crippen molar-refractivity contribution < 1.29 is 14.3 Å². The predicted octanol–water partition coefficient (Wildman–Crippen LogP) is 2.20. The molecule has 0 aliphatic carbocycles. The summed E-state index contributed by atoms with van der Waals surface area (Å²) in [4.78, 5) is 28.4. The number of benzene rings is 1. The van der Waals surface area contributed by atoms with Gasteiger partial charge in [-0.15, -0.1) is 11.3 Å². The number of urea groups is 1. The van der Waals surface area contributed by atoms with Crippen LogP contribution in [0, 0.1) is 0 Å². The largest absolute Gasteiger partial charge is 0.376 e. The molecular weight excluding hydrogens is 366 g/mol. The van der Waals surface area contributed by atoms with Crippen molar-refractivity contribution in [2.24, 2.45) is 5.73 Å². The van der Waals surface area contributed by atoms with Crippen LogP contribution in [0.1, 0.15) is 28.3 Å². The fraction of sp³-hybridized carbons (Fsp3) is 0.389. The van der Waals surface area contributed by atoms with Crippen LogP contribution >= 0.6 is 11.3 Å². The minimum absolute atomic E-state index is 0.101. The summed E-state index contributed by atoms with van der Waals surface area (Å²) in [6, 6.07) is 6.61. The molecule has 1 aromatic heterocycles. The average Bonchev–Trinajstić information content (AvgIpc) is 3.34. The summed E-state index contributed by atoms with van der Waals surface area (Å²) in [5, 5.41) is 10.9. The summed E-state index contributed by atoms with van der Waals surface area (Å²) in [6.45, 7) is 1.76. The number of nitrogens with two attached hydrogens (primary N) is 1. The first-order valence-corrected chi connectivity index (χ1v) is 9.74. The lowest BCUT2D eigenvalue weighted by Crippen LogP contribution is -2.35. The Morgan fingerprint density at radius 2 is 1.96 bits per heavy atom. The molecule has 3 amide bonds. The van der Waals surface area contributed by atoms with Gasteiger partial charge < -0.3 is 26.4 Å². The topological polar surface area (TPSA) is 118 Å². The molecule has 1 fully saturated rings. The Kier molecular flexibility index (Phi) is 6.74. The smallest absolute Gasteiger partial charge is 0.319 e. The molecule has 1 atom stereocenters. The fourth-order valence-electron chi connectivity index (χ4n) is 2.67. The molecule has 5 N–H and O–H groups in total. The molecule has 2 heterocycles. The molecule has 3 rings (SSSR count). The van der Waals surface area contributed by atoms with Crippen LogP contribution in [0.25, 0.3) is 0 Å². The van der Waals surface area contributed by atoms with Gasteiger partial charge in [0.05, 0.1) is 11.1 Å². The van der Waals surface area contributed by atoms with Gasteiger partial charge in [0, 0.05) is 36.3 Å². The van der Waals surface area contributed by atoms with E-state index in [0.717, 1.165) is 24.5 Å². The Morgan fingerprint density at radius 1 is 1.22 bits per heavy atom. The molecule has 1 saturated heterocycles. The van der Waals surface area contributed by atoms with Gasteiger partial charge in [-0.25, -0.2) is 9.78 Å². The van der Waals surface area contributed by atoms with Gasteiger partial charge >= 0.3 is 6.03 Å². The van der Waals surface area contributed by atoms with E-state index in [9.17, 15) is 9.59 Å². The van der Waals surface area contributed by atoms with Gasteiger partial charge in [0.25, 0.3) is 5.91 Å². The van der Waals surface area contributed by atoms with Crippen LogP contribution in [0.2, 0.25) is 0 Å². The number of aromatic nitrogens is 1. The maximum Gasteiger partial charge on any atom is 0.319 e. The highest BCUT2D eigenvalue weighted by Gasteiger charge is 2.16. The molecule has 0 saturated carbocycles. The van der Waals surface area contributed by atoms with E-state index in [2.05, 4.69) is 20.9 Å². The number of hydrogen-bond acceptors (Lipinski definition) is 6. The monoisotopic (exact) mass is 389 g/mol. The van der Waals surface area contributed by atoms with E-state index in [4.69, 9.17) is 10.5 Å². The van der Waals surface area contributed by atoms with Gasteiger partial charge in [-0.05, 0) is 43.7 Å². The number of carbonyl (C=O) groups is 2. The van der Waals surface area contributed by atoms with E-state index >= 15 is 0 Å². The second kappa shape index (κ2) is 9.45. The lowest BCUT2D eigenvalue weighted by Gasteiger charge is -2.12. The quantitative estimate of drug-likeness (QED) is 0.579. The molecule has 9 heteroatoms. The number of nitrogens with zero attached hydrogens (tertiary/aromatic N) is 1. The van der Waals surface area contributed by atoms with Crippen molar-refractivity contribution in [3.8, 4) is 0 Å². The molecule has 1 unspecified atom stereocenters. The minimum atomic E-state index is -0.280. The highest BCUT2D eigenvalue weighted by Crippen LogP contribution is 2.16. The molecule has 1 aliphatic heterocycles. The Bertz CT molecular complexity index is 772. The molecular formula is C18H23N5O3S. The minimum Gasteiger partial charge on any atom is -0.376 e. The van der Waals surface area contributed by atoms with Gasteiger partial charge in [0.2, 0.25) is 0 Å². The van der Waals surface area contributed by atoms with Crippen molar-refractivity contribution in [2.75, 3.05) is 30.3 Å². The van der Waals surface area contributed by atoms with Crippen molar-refractivity contribution in [3.63, 3.8) is 0 Å². The van der Waals surface area contributed by atoms with Crippen molar-refractivity contribution in [2.45, 2.75) is 25.4 Å². The van der Waals surface area contributed by atoms with Gasteiger partial charge in [-0.1, -0.05) is 0 Å². The number of thiazole rings is 1. The van der Waals surface area contributed by atoms with Crippen LogP contribution in [0.3, 0.4) is 0 Å². The Balaban J connectivity index is 1.47. The number of nitrogens with one attached hydrogen (secondary N) is 3. The van der Waals surface area contributed by atoms with Crippen LogP contribution in [-0.4, -0.2) is 42.7 Å². The van der Waals surface area contributed by atoms with Gasteiger partial charge in [0.15, 0.2) is 0 Å². The van der Waals surface area contributed by atoms with E-state index in [-0.39, 0.29) is 18.0 Å². The van der Waals surface area contributed by atoms with Gasteiger partial charge in [-0.2, -0.15) is 0 Å². The molecule has 2 aromatic rings. The van der Waals surface area contributed by atoms with Crippen LogP contribution in [0.4, 0.5) is 16.2 Å². The lowest BCUT2D eigenvalue weighted by atomic mass is 10.2. The predicted molar refractivity (Wildman–Crippen MR) is 105 cm³/mol. The summed E-state index contributed by atoms with van der Waals surface area (Å²) in [7, 11) is 0. The molecule has 144 valence electrons. The molecule has 0 spiro atoms. The Labute approximate surface area is 161 Å². The standard InChI is InChI=1S/C18H23N5O3S/c19-8-7-16-23-15(11-27-16)17(24)21-12-3-5-13(6-4-12)22-18(25)20-10-14-2-1-9-26-14/h3-6,11,14H,1-2,7-10,19H2,(H,21,24)(H2,20,22,25). The highest BCUT2D eigenvalue weighted by molar-refractivity contribution is 7.09. The molecule has 1 aliphatic rings. The van der Waals surface area contributed by atoms with E-state index < -0.39 is 0 Å². The molecule has 1 aromatic carbocycles. The van der Waals surface area contributed by atoms with Crippen LogP contribution in [-0.2, 0) is 11.2 Å². The van der Waals surface area contributed by atoms with Crippen molar-refractivity contribution in [1.82, 2.24) is 10.3 Å². The van der Waals surface area contributed by atoms with Crippen molar-refractivity contribution in [1.29, 1.82) is 0 Å². The van der Waals surface area contributed by atoms with Gasteiger partial charge in [0.1, 0.15) is 5.69 Å². The summed E-state index contributed by atoms with van der Waals surface area (Å²) in [5.74, 6) is -0.274. The summed E-state index contributed by atoms with van der Waals surface area (Å²) >= 11 is 1.42. The van der Waals surface area contributed by atoms with Crippen LogP contribution < -0.4 is 21.7 Å². The molecule has 0 radical (unpaired) electrons. The zero-order valence-corrected chi connectivity index (χ0v) is 15.7. The lowest BCUT2D eigenvalue weighted by molar-refractivity contribution is 0.102. The number of carbonyl (C=O) groups excluding carboxylic acids is 2. The summed E-state index contributed by atoms with van der Waals surface area (Å²) in [6.07, 6.45) is 2.77. The van der Waals surface area contributed by atoms with E-state index in [1.165, 1.54) is 11.3 Å². The van der Waals surface area contributed by atoms with Crippen LogP contribution in [0.5, 0.6) is 0 Å². The maximum atomic E-state index is 12.2. The third kappa shape index (κ3) is 5.75. The van der Waals surface area contributed by atoms with Crippen LogP contribution in [0.15, 0.2) is 29.6 Å². The van der Waals surface area contributed by atoms with Crippen molar-refractivity contribution >= 4 is 34.6 Å². The molecule has 27 heavy (non-hydrogen) atoms. The molecule has 0 bridgehead atoms. The second-order valence-electron chi connectivity index (χ2n) is 6.17. The third-order valence-electron chi connectivity index (χ3n) is 4.06. The number of ether oxygens (including phenoxy) is 1. The average molecular weight is 389 g/mol. The second-order valence-corrected chi connectivity index (χ2v) is 7.11. The van der Waals surface area contributed by atoms with Crippen molar-refractivity contribution in [3.05, 3.63) is 40.3 Å². The van der Waals surface area contributed by atoms with Gasteiger partial charge in [-0.3, -0.25) is 4.79 Å². The summed E-state index contributed by atoms with van der Waals surface area (Å²) < 4.78 is 5.46. The number of anilines is 2. The number of amides is 3. The first-order valence-electron chi connectivity index (χ1n) is 8.86. The molecule has 8 nitrogen and oxygen atoms in total. The highest BCUT2D eigenvalue weighted by atomic mass is 32.1. The normalized spacial score (nSPS) is 16.1. The summed E-state index contributed by atoms with van der Waals surface area (Å²) in [5.41, 5.74) is 7.13. The zero-order valence-electron chi connectivity index (χ0n) is 14.9. The Morgan fingerprint density at radius 3 is 2.63 bits per heavy atom. The van der Waals surface area contributed by atoms with E-state index in [0.29, 0.717) is 36.6 Å². The first kappa shape index (κ1) is 19.3. The maximum absolute atomic E-state index is 12.2. The SMILES string of the molecule is NCCc1nc(C(=O)Nc2ccc(NC(=O)NCC3CCCO3)cc2)cs1. The Hall–Kier alpha value is -2.49. The number of rotatable bonds is 7.